The Balaban J connectivity index is 2.80. The van der Waals surface area contributed by atoms with Gasteiger partial charge in [-0.2, -0.15) is 10.3 Å². The van der Waals surface area contributed by atoms with Crippen LogP contribution >= 0.6 is 11.8 Å². The van der Waals surface area contributed by atoms with Crippen LogP contribution in [0.4, 0.5) is 14.9 Å². The number of esters is 1. The number of ether oxygens (including phenoxy) is 4. The third-order valence-electron chi connectivity index (χ3n) is 4.88. The van der Waals surface area contributed by atoms with Crippen LogP contribution in [-0.2, 0) is 14.3 Å². The molecule has 0 fully saturated rings. The number of carbonyl (C=O) groups excluding carboxylic acids is 2. The lowest BCUT2D eigenvalue weighted by Gasteiger charge is -2.22. The quantitative estimate of drug-likeness (QED) is 0.298. The maximum atomic E-state index is 15.3. The molecule has 202 valence electrons. The molecule has 2 aromatic rings. The van der Waals surface area contributed by atoms with Crippen molar-refractivity contribution in [3.63, 3.8) is 0 Å². The maximum absolute atomic E-state index is 15.3. The molecule has 10 nitrogen and oxygen atoms in total. The van der Waals surface area contributed by atoms with E-state index in [2.05, 4.69) is 14.7 Å². The zero-order chi connectivity index (χ0) is 28.6. The van der Waals surface area contributed by atoms with Crippen molar-refractivity contribution < 1.29 is 32.9 Å². The molecule has 0 aromatic heterocycles. The Bertz CT molecular complexity index is 1310. The first-order valence-corrected chi connectivity index (χ1v) is 12.4. The van der Waals surface area contributed by atoms with E-state index in [-0.39, 0.29) is 44.6 Å². The first kappa shape index (κ1) is 30.3. The average Bonchev–Trinajstić information content (AvgIpc) is 2.88. The second kappa shape index (κ2) is 13.0. The second-order valence-electron chi connectivity index (χ2n) is 8.63. The van der Waals surface area contributed by atoms with Crippen LogP contribution in [0.25, 0.3) is 0 Å². The number of nitrogens with two attached hydrogens (primary N) is 1. The first-order chi connectivity index (χ1) is 17.9. The van der Waals surface area contributed by atoms with Gasteiger partial charge in [0.1, 0.15) is 28.2 Å². The van der Waals surface area contributed by atoms with Gasteiger partial charge in [-0.25, -0.2) is 19.0 Å². The fourth-order valence-electron chi connectivity index (χ4n) is 3.18. The number of nitrogens with zero attached hydrogens (tertiary/aromatic N) is 3. The number of halogens is 1. The lowest BCUT2D eigenvalue weighted by atomic mass is 10.00. The Morgan fingerprint density at radius 1 is 1.11 bits per heavy atom. The van der Waals surface area contributed by atoms with E-state index in [9.17, 15) is 14.9 Å². The van der Waals surface area contributed by atoms with Crippen molar-refractivity contribution in [1.82, 2.24) is 0 Å². The van der Waals surface area contributed by atoms with E-state index in [1.807, 2.05) is 6.07 Å². The molecule has 0 spiro atoms. The minimum Gasteiger partial charge on any atom is -0.493 e. The molecule has 0 bridgehead atoms. The molecule has 0 heterocycles. The Morgan fingerprint density at radius 2 is 1.74 bits per heavy atom. The van der Waals surface area contributed by atoms with Gasteiger partial charge in [0.15, 0.2) is 11.5 Å². The molecule has 2 N–H and O–H groups in total. The molecule has 0 aliphatic carbocycles. The normalized spacial score (nSPS) is 12.8. The second-order valence-corrected chi connectivity index (χ2v) is 9.43. The highest BCUT2D eigenvalue weighted by Crippen LogP contribution is 2.32. The SMILES string of the molecule is COC(=O)N=C(SC)C(=Nc1ccc(C#N)c(C(N)C(=O)OC(C)(C)C)c1)c1cc(OC)c(OC)cc1F. The fraction of sp³-hybridized carbons (Fsp3) is 0.346. The summed E-state index contributed by atoms with van der Waals surface area (Å²) in [5.41, 5.74) is 5.75. The standard InChI is InChI=1S/C26H29FN4O6S/c1-26(2,3)37-24(32)21(29)16-10-15(9-8-14(16)13-28)30-22(23(38-7)31-25(33)36-6)17-11-19(34-4)20(35-5)12-18(17)27/h8-12,21H,29H2,1-7H3. The first-order valence-electron chi connectivity index (χ1n) is 11.1. The summed E-state index contributed by atoms with van der Waals surface area (Å²) in [6.45, 7) is 5.08. The van der Waals surface area contributed by atoms with Gasteiger partial charge in [-0.1, -0.05) is 0 Å². The summed E-state index contributed by atoms with van der Waals surface area (Å²) in [6, 6.07) is 7.51. The summed E-state index contributed by atoms with van der Waals surface area (Å²) in [5.74, 6) is -1.11. The number of rotatable bonds is 7. The van der Waals surface area contributed by atoms with E-state index in [1.54, 1.807) is 27.0 Å². The highest BCUT2D eigenvalue weighted by atomic mass is 32.2. The minimum absolute atomic E-state index is 0.0327. The molecule has 1 atom stereocenters. The number of amides is 1. The molecule has 12 heteroatoms. The number of thioether (sulfide) groups is 1. The molecule has 2 aromatic carbocycles. The Labute approximate surface area is 224 Å². The molecule has 0 aliphatic rings. The predicted molar refractivity (Wildman–Crippen MR) is 143 cm³/mol. The number of nitriles is 1. The summed E-state index contributed by atoms with van der Waals surface area (Å²) < 4.78 is 35.8. The van der Waals surface area contributed by atoms with Crippen LogP contribution in [0.3, 0.4) is 0 Å². The molecule has 0 radical (unpaired) electrons. The molecule has 0 saturated carbocycles. The van der Waals surface area contributed by atoms with Crippen molar-refractivity contribution in [2.45, 2.75) is 32.4 Å². The van der Waals surface area contributed by atoms with E-state index in [0.29, 0.717) is 0 Å². The molecule has 1 unspecified atom stereocenters. The smallest absolute Gasteiger partial charge is 0.434 e. The van der Waals surface area contributed by atoms with E-state index in [4.69, 9.17) is 19.9 Å². The van der Waals surface area contributed by atoms with Gasteiger partial charge in [-0.05, 0) is 56.9 Å². The van der Waals surface area contributed by atoms with Crippen molar-refractivity contribution in [1.29, 1.82) is 5.26 Å². The summed E-state index contributed by atoms with van der Waals surface area (Å²) in [6.07, 6.45) is 0.703. The van der Waals surface area contributed by atoms with Gasteiger partial charge in [0, 0.05) is 11.6 Å². The maximum Gasteiger partial charge on any atom is 0.434 e. The molecular weight excluding hydrogens is 515 g/mol. The molecule has 0 saturated heterocycles. The van der Waals surface area contributed by atoms with Crippen LogP contribution in [0, 0.1) is 17.1 Å². The van der Waals surface area contributed by atoms with E-state index < -0.39 is 29.5 Å². The number of benzene rings is 2. The van der Waals surface area contributed by atoms with Crippen molar-refractivity contribution in [3.05, 3.63) is 52.8 Å². The highest BCUT2D eigenvalue weighted by Gasteiger charge is 2.26. The average molecular weight is 545 g/mol. The Kier molecular flexibility index (Phi) is 10.4. The van der Waals surface area contributed by atoms with Crippen molar-refractivity contribution in [2.75, 3.05) is 27.6 Å². The van der Waals surface area contributed by atoms with Crippen LogP contribution in [-0.4, -0.2) is 56.0 Å². The molecular formula is C26H29FN4O6S. The van der Waals surface area contributed by atoms with Crippen LogP contribution in [0.2, 0.25) is 0 Å². The van der Waals surface area contributed by atoms with Crippen LogP contribution < -0.4 is 15.2 Å². The molecule has 2 rings (SSSR count). The van der Waals surface area contributed by atoms with Crippen LogP contribution in [0.1, 0.15) is 43.5 Å². The fourth-order valence-corrected chi connectivity index (χ4v) is 3.70. The van der Waals surface area contributed by atoms with Crippen LogP contribution in [0.5, 0.6) is 11.5 Å². The third kappa shape index (κ3) is 7.53. The molecule has 38 heavy (non-hydrogen) atoms. The lowest BCUT2D eigenvalue weighted by molar-refractivity contribution is -0.156. The summed E-state index contributed by atoms with van der Waals surface area (Å²) in [5, 5.41) is 9.62. The zero-order valence-electron chi connectivity index (χ0n) is 22.1. The van der Waals surface area contributed by atoms with E-state index >= 15 is 4.39 Å². The summed E-state index contributed by atoms with van der Waals surface area (Å²) in [7, 11) is 3.91. The van der Waals surface area contributed by atoms with Crippen LogP contribution in [0.15, 0.2) is 40.3 Å². The Hall–Kier alpha value is -3.95. The summed E-state index contributed by atoms with van der Waals surface area (Å²) >= 11 is 1.03. The van der Waals surface area contributed by atoms with Gasteiger partial charge in [0.25, 0.3) is 0 Å². The number of methoxy groups -OCH3 is 3. The monoisotopic (exact) mass is 544 g/mol. The Morgan fingerprint density at radius 3 is 2.26 bits per heavy atom. The topological polar surface area (TPSA) is 146 Å². The number of hydrogen-bond acceptors (Lipinski definition) is 10. The van der Waals surface area contributed by atoms with Crippen molar-refractivity contribution in [2.24, 2.45) is 15.7 Å². The van der Waals surface area contributed by atoms with Gasteiger partial charge in [-0.3, -0.25) is 0 Å². The lowest BCUT2D eigenvalue weighted by Crippen LogP contribution is -2.32. The highest BCUT2D eigenvalue weighted by molar-refractivity contribution is 8.15. The predicted octanol–water partition coefficient (Wildman–Crippen LogP) is 4.70. The number of hydrogen-bond donors (Lipinski definition) is 1. The number of aliphatic imine (C=N–C) groups is 2. The van der Waals surface area contributed by atoms with Crippen molar-refractivity contribution >= 4 is 40.3 Å². The van der Waals surface area contributed by atoms with E-state index in [1.165, 1.54) is 38.5 Å². The van der Waals surface area contributed by atoms with Gasteiger partial charge in [0.2, 0.25) is 0 Å². The molecule has 0 aliphatic heterocycles. The van der Waals surface area contributed by atoms with Gasteiger partial charge in [-0.15, -0.1) is 11.8 Å². The van der Waals surface area contributed by atoms with Crippen molar-refractivity contribution in [3.8, 4) is 17.6 Å². The zero-order valence-corrected chi connectivity index (χ0v) is 22.9. The minimum atomic E-state index is -1.29. The van der Waals surface area contributed by atoms with Gasteiger partial charge in [0.05, 0.1) is 38.6 Å². The van der Waals surface area contributed by atoms with E-state index in [0.717, 1.165) is 24.9 Å². The molecule has 1 amide bonds. The van der Waals surface area contributed by atoms with Gasteiger partial charge < -0.3 is 24.7 Å². The third-order valence-corrected chi connectivity index (χ3v) is 5.56. The number of carbonyl (C=O) groups is 2. The largest absolute Gasteiger partial charge is 0.493 e. The summed E-state index contributed by atoms with van der Waals surface area (Å²) in [4.78, 5) is 33.0. The van der Waals surface area contributed by atoms with Gasteiger partial charge >= 0.3 is 12.1 Å².